The van der Waals surface area contributed by atoms with Crippen molar-refractivity contribution in [2.45, 2.75) is 0 Å². The molecule has 88 valence electrons. The van der Waals surface area contributed by atoms with Gasteiger partial charge in [-0.2, -0.15) is 0 Å². The summed E-state index contributed by atoms with van der Waals surface area (Å²) in [6, 6.07) is 14.8. The van der Waals surface area contributed by atoms with E-state index in [0.29, 0.717) is 5.56 Å². The number of carbonyl (C=O) groups is 1. The average Bonchev–Trinajstić information content (AvgIpc) is 2.46. The summed E-state index contributed by atoms with van der Waals surface area (Å²) in [5.74, 6) is 6.87. The van der Waals surface area contributed by atoms with Crippen molar-refractivity contribution in [3.8, 4) is 17.6 Å². The van der Waals surface area contributed by atoms with Crippen LogP contribution in [0.3, 0.4) is 0 Å². The molecule has 0 fully saturated rings. The minimum absolute atomic E-state index is 0.636. The number of carbonyl (C=O) groups excluding carboxylic acids is 1. The van der Waals surface area contributed by atoms with E-state index in [1.165, 1.54) is 0 Å². The lowest BCUT2D eigenvalue weighted by Gasteiger charge is -1.97. The fourth-order valence-corrected chi connectivity index (χ4v) is 1.51. The number of ether oxygens (including phenoxy) is 1. The minimum atomic E-state index is 0.636. The zero-order valence-corrected chi connectivity index (χ0v) is 10.0. The fraction of sp³-hybridized carbons (Fsp3) is 0.0625. The molecule has 2 nitrogen and oxygen atoms in total. The first kappa shape index (κ1) is 11.9. The molecule has 0 aromatic heterocycles. The third-order valence-electron chi connectivity index (χ3n) is 2.46. The van der Waals surface area contributed by atoms with Crippen LogP contribution in [0.25, 0.3) is 0 Å². The maximum atomic E-state index is 10.6. The summed E-state index contributed by atoms with van der Waals surface area (Å²) in [6.45, 7) is 0. The molecule has 0 amide bonds. The molecule has 2 heteroatoms. The summed E-state index contributed by atoms with van der Waals surface area (Å²) in [7, 11) is 1.63. The van der Waals surface area contributed by atoms with E-state index in [9.17, 15) is 4.79 Å². The Balaban J connectivity index is 2.22. The Morgan fingerprint density at radius 3 is 2.39 bits per heavy atom. The standard InChI is InChI=1S/C16H12O2/c1-18-16-9-7-13(8-10-16)5-6-14-3-2-4-15(11-14)12-17/h2-4,7-12H,1H3. The van der Waals surface area contributed by atoms with Crippen LogP contribution in [0.1, 0.15) is 21.5 Å². The third kappa shape index (κ3) is 2.99. The van der Waals surface area contributed by atoms with E-state index in [-0.39, 0.29) is 0 Å². The Hall–Kier alpha value is -2.53. The van der Waals surface area contributed by atoms with Gasteiger partial charge in [0.25, 0.3) is 0 Å². The number of hydrogen-bond donors (Lipinski definition) is 0. The quantitative estimate of drug-likeness (QED) is 0.592. The van der Waals surface area contributed by atoms with E-state index in [0.717, 1.165) is 23.2 Å². The molecule has 0 saturated heterocycles. The number of benzene rings is 2. The van der Waals surface area contributed by atoms with Crippen LogP contribution >= 0.6 is 0 Å². The highest BCUT2D eigenvalue weighted by Crippen LogP contribution is 2.10. The second-order valence-electron chi connectivity index (χ2n) is 3.72. The number of aldehydes is 1. The van der Waals surface area contributed by atoms with E-state index in [1.54, 1.807) is 19.2 Å². The Kier molecular flexibility index (Phi) is 3.78. The van der Waals surface area contributed by atoms with Crippen LogP contribution in [0, 0.1) is 11.8 Å². The summed E-state index contributed by atoms with van der Waals surface area (Å²) in [5, 5.41) is 0. The molecule has 0 unspecified atom stereocenters. The summed E-state index contributed by atoms with van der Waals surface area (Å²) >= 11 is 0. The van der Waals surface area contributed by atoms with Gasteiger partial charge in [0, 0.05) is 16.7 Å². The van der Waals surface area contributed by atoms with Gasteiger partial charge >= 0.3 is 0 Å². The molecule has 0 aliphatic carbocycles. The smallest absolute Gasteiger partial charge is 0.150 e. The number of methoxy groups -OCH3 is 1. The van der Waals surface area contributed by atoms with Crippen molar-refractivity contribution in [1.29, 1.82) is 0 Å². The summed E-state index contributed by atoms with van der Waals surface area (Å²) in [5.41, 5.74) is 2.37. The van der Waals surface area contributed by atoms with Gasteiger partial charge in [-0.05, 0) is 36.4 Å². The highest BCUT2D eigenvalue weighted by atomic mass is 16.5. The normalized spacial score (nSPS) is 9.17. The lowest BCUT2D eigenvalue weighted by molar-refractivity contribution is 0.112. The molecule has 0 saturated carbocycles. The van der Waals surface area contributed by atoms with Crippen LogP contribution < -0.4 is 4.74 Å². The Morgan fingerprint density at radius 1 is 1.00 bits per heavy atom. The molecular weight excluding hydrogens is 224 g/mol. The van der Waals surface area contributed by atoms with Crippen molar-refractivity contribution in [2.75, 3.05) is 7.11 Å². The van der Waals surface area contributed by atoms with Gasteiger partial charge in [-0.25, -0.2) is 0 Å². The topological polar surface area (TPSA) is 26.3 Å². The van der Waals surface area contributed by atoms with Crippen molar-refractivity contribution in [3.63, 3.8) is 0 Å². The molecule has 0 atom stereocenters. The lowest BCUT2D eigenvalue weighted by Crippen LogP contribution is -1.83. The van der Waals surface area contributed by atoms with Gasteiger partial charge in [0.1, 0.15) is 12.0 Å². The Labute approximate surface area is 106 Å². The van der Waals surface area contributed by atoms with Crippen LogP contribution in [0.4, 0.5) is 0 Å². The van der Waals surface area contributed by atoms with Gasteiger partial charge in [0.2, 0.25) is 0 Å². The molecule has 0 spiro atoms. The highest BCUT2D eigenvalue weighted by Gasteiger charge is 1.92. The zero-order chi connectivity index (χ0) is 12.8. The predicted octanol–water partition coefficient (Wildman–Crippen LogP) is 2.91. The van der Waals surface area contributed by atoms with Gasteiger partial charge in [-0.3, -0.25) is 4.79 Å². The molecule has 18 heavy (non-hydrogen) atoms. The monoisotopic (exact) mass is 236 g/mol. The second kappa shape index (κ2) is 5.70. The van der Waals surface area contributed by atoms with Gasteiger partial charge in [-0.1, -0.05) is 24.0 Å². The van der Waals surface area contributed by atoms with Crippen LogP contribution in [0.2, 0.25) is 0 Å². The molecular formula is C16H12O2. The van der Waals surface area contributed by atoms with Gasteiger partial charge in [0.15, 0.2) is 0 Å². The molecule has 2 aromatic rings. The van der Waals surface area contributed by atoms with E-state index < -0.39 is 0 Å². The van der Waals surface area contributed by atoms with E-state index in [2.05, 4.69) is 11.8 Å². The summed E-state index contributed by atoms with van der Waals surface area (Å²) < 4.78 is 5.08. The van der Waals surface area contributed by atoms with Gasteiger partial charge < -0.3 is 4.74 Å². The highest BCUT2D eigenvalue weighted by molar-refractivity contribution is 5.75. The van der Waals surface area contributed by atoms with Crippen LogP contribution in [0.15, 0.2) is 48.5 Å². The number of hydrogen-bond acceptors (Lipinski definition) is 2. The van der Waals surface area contributed by atoms with Gasteiger partial charge in [-0.15, -0.1) is 0 Å². The van der Waals surface area contributed by atoms with E-state index >= 15 is 0 Å². The maximum Gasteiger partial charge on any atom is 0.150 e. The molecule has 0 bridgehead atoms. The average molecular weight is 236 g/mol. The Morgan fingerprint density at radius 2 is 1.72 bits per heavy atom. The predicted molar refractivity (Wildman–Crippen MR) is 70.8 cm³/mol. The molecule has 0 aliphatic heterocycles. The molecule has 0 radical (unpaired) electrons. The molecule has 0 aliphatic rings. The first-order chi connectivity index (χ1) is 8.81. The van der Waals surface area contributed by atoms with Crippen molar-refractivity contribution in [2.24, 2.45) is 0 Å². The number of rotatable bonds is 2. The summed E-state index contributed by atoms with van der Waals surface area (Å²) in [6.07, 6.45) is 0.818. The molecule has 2 aromatic carbocycles. The minimum Gasteiger partial charge on any atom is -0.497 e. The first-order valence-corrected chi connectivity index (χ1v) is 5.53. The second-order valence-corrected chi connectivity index (χ2v) is 3.72. The van der Waals surface area contributed by atoms with Crippen molar-refractivity contribution in [3.05, 3.63) is 65.2 Å². The summed E-state index contributed by atoms with van der Waals surface area (Å²) in [4.78, 5) is 10.6. The Bertz CT molecular complexity index is 601. The first-order valence-electron chi connectivity index (χ1n) is 5.53. The van der Waals surface area contributed by atoms with Crippen molar-refractivity contribution in [1.82, 2.24) is 0 Å². The van der Waals surface area contributed by atoms with Crippen molar-refractivity contribution < 1.29 is 9.53 Å². The lowest BCUT2D eigenvalue weighted by atomic mass is 10.1. The SMILES string of the molecule is COc1ccc(C#Cc2cccc(C=O)c2)cc1. The van der Waals surface area contributed by atoms with E-state index in [4.69, 9.17) is 4.74 Å². The maximum absolute atomic E-state index is 10.6. The largest absolute Gasteiger partial charge is 0.497 e. The fourth-order valence-electron chi connectivity index (χ4n) is 1.51. The van der Waals surface area contributed by atoms with Crippen LogP contribution in [-0.2, 0) is 0 Å². The van der Waals surface area contributed by atoms with Crippen LogP contribution in [-0.4, -0.2) is 13.4 Å². The molecule has 0 N–H and O–H groups in total. The van der Waals surface area contributed by atoms with Gasteiger partial charge in [0.05, 0.1) is 7.11 Å². The molecule has 0 heterocycles. The zero-order valence-electron chi connectivity index (χ0n) is 10.0. The molecule has 2 rings (SSSR count). The third-order valence-corrected chi connectivity index (χ3v) is 2.46. The van der Waals surface area contributed by atoms with E-state index in [1.807, 2.05) is 36.4 Å². The van der Waals surface area contributed by atoms with Crippen molar-refractivity contribution >= 4 is 6.29 Å². The van der Waals surface area contributed by atoms with Crippen LogP contribution in [0.5, 0.6) is 5.75 Å².